The SMILES string of the molecule is CC(=O)C=CC1C(C(=O)O)C1(C)C. The Kier molecular flexibility index (Phi) is 2.28. The molecule has 72 valence electrons. The molecule has 1 aliphatic rings. The molecule has 0 amide bonds. The lowest BCUT2D eigenvalue weighted by Crippen LogP contribution is -2.03. The molecule has 0 radical (unpaired) electrons. The minimum atomic E-state index is -0.775. The molecule has 0 aromatic rings. The molecule has 1 N–H and O–H groups in total. The van der Waals surface area contributed by atoms with Crippen molar-refractivity contribution in [1.82, 2.24) is 0 Å². The van der Waals surface area contributed by atoms with E-state index in [0.29, 0.717) is 0 Å². The summed E-state index contributed by atoms with van der Waals surface area (Å²) in [5, 5.41) is 8.81. The Morgan fingerprint density at radius 3 is 2.23 bits per heavy atom. The molecule has 0 spiro atoms. The molecule has 0 saturated heterocycles. The molecular weight excluding hydrogens is 168 g/mol. The van der Waals surface area contributed by atoms with Crippen molar-refractivity contribution >= 4 is 11.8 Å². The van der Waals surface area contributed by atoms with Crippen LogP contribution >= 0.6 is 0 Å². The van der Waals surface area contributed by atoms with Crippen molar-refractivity contribution in [1.29, 1.82) is 0 Å². The summed E-state index contributed by atoms with van der Waals surface area (Å²) in [4.78, 5) is 21.3. The van der Waals surface area contributed by atoms with Gasteiger partial charge in [0.05, 0.1) is 5.92 Å². The number of carboxylic acid groups (broad SMARTS) is 1. The lowest BCUT2D eigenvalue weighted by Gasteiger charge is -1.95. The average Bonchev–Trinajstić information content (AvgIpc) is 2.48. The molecule has 1 rings (SSSR count). The summed E-state index contributed by atoms with van der Waals surface area (Å²) in [7, 11) is 0. The van der Waals surface area contributed by atoms with E-state index in [1.54, 1.807) is 6.08 Å². The molecule has 3 nitrogen and oxygen atoms in total. The predicted molar refractivity (Wildman–Crippen MR) is 48.2 cm³/mol. The number of carbonyl (C=O) groups is 2. The highest BCUT2D eigenvalue weighted by atomic mass is 16.4. The summed E-state index contributed by atoms with van der Waals surface area (Å²) in [6.45, 7) is 5.27. The molecule has 0 aromatic heterocycles. The maximum atomic E-state index is 10.7. The standard InChI is InChI=1S/C10H14O3/c1-6(11)4-5-7-8(9(12)13)10(7,2)3/h4-5,7-8H,1-3H3,(H,12,13). The molecule has 0 heterocycles. The van der Waals surface area contributed by atoms with Gasteiger partial charge in [-0.15, -0.1) is 0 Å². The number of carbonyl (C=O) groups excluding carboxylic acids is 1. The van der Waals surface area contributed by atoms with Crippen LogP contribution in [0.1, 0.15) is 20.8 Å². The van der Waals surface area contributed by atoms with Crippen LogP contribution in [-0.4, -0.2) is 16.9 Å². The molecule has 0 bridgehead atoms. The monoisotopic (exact) mass is 182 g/mol. The molecule has 0 aliphatic heterocycles. The van der Waals surface area contributed by atoms with Crippen molar-refractivity contribution in [2.24, 2.45) is 17.3 Å². The van der Waals surface area contributed by atoms with Gasteiger partial charge in [0, 0.05) is 0 Å². The number of carboxylic acids is 1. The van der Waals surface area contributed by atoms with Gasteiger partial charge >= 0.3 is 5.97 Å². The van der Waals surface area contributed by atoms with Gasteiger partial charge in [0.25, 0.3) is 0 Å². The first-order valence-corrected chi connectivity index (χ1v) is 4.29. The number of aliphatic carboxylic acids is 1. The summed E-state index contributed by atoms with van der Waals surface area (Å²) in [6, 6.07) is 0. The van der Waals surface area contributed by atoms with Gasteiger partial charge in [-0.3, -0.25) is 9.59 Å². The fourth-order valence-corrected chi connectivity index (χ4v) is 1.75. The summed E-state index contributed by atoms with van der Waals surface area (Å²) in [5.74, 6) is -1.13. The molecule has 3 heteroatoms. The Balaban J connectivity index is 2.66. The van der Waals surface area contributed by atoms with Crippen LogP contribution in [-0.2, 0) is 9.59 Å². The summed E-state index contributed by atoms with van der Waals surface area (Å²) < 4.78 is 0. The topological polar surface area (TPSA) is 54.4 Å². The van der Waals surface area contributed by atoms with Gasteiger partial charge in [-0.05, 0) is 24.3 Å². The minimum absolute atomic E-state index is 0.00824. The van der Waals surface area contributed by atoms with E-state index in [1.807, 2.05) is 13.8 Å². The van der Waals surface area contributed by atoms with Gasteiger partial charge in [0.15, 0.2) is 5.78 Å². The highest BCUT2D eigenvalue weighted by Gasteiger charge is 2.60. The van der Waals surface area contributed by atoms with Gasteiger partial charge in [0.1, 0.15) is 0 Å². The van der Waals surface area contributed by atoms with Gasteiger partial charge in [0.2, 0.25) is 0 Å². The summed E-state index contributed by atoms with van der Waals surface area (Å²) >= 11 is 0. The Morgan fingerprint density at radius 1 is 1.38 bits per heavy atom. The molecule has 1 aliphatic carbocycles. The van der Waals surface area contributed by atoms with Crippen molar-refractivity contribution in [2.45, 2.75) is 20.8 Å². The first kappa shape index (κ1) is 9.96. The maximum absolute atomic E-state index is 10.7. The second-order valence-corrected chi connectivity index (χ2v) is 4.13. The number of hydrogen-bond donors (Lipinski definition) is 1. The predicted octanol–water partition coefficient (Wildman–Crippen LogP) is 1.49. The molecular formula is C10H14O3. The van der Waals surface area contributed by atoms with Crippen LogP contribution in [0.15, 0.2) is 12.2 Å². The van der Waals surface area contributed by atoms with Crippen molar-refractivity contribution < 1.29 is 14.7 Å². The Bertz CT molecular complexity index is 276. The molecule has 0 aromatic carbocycles. The van der Waals surface area contributed by atoms with E-state index in [4.69, 9.17) is 5.11 Å². The zero-order valence-electron chi connectivity index (χ0n) is 8.07. The van der Waals surface area contributed by atoms with Gasteiger partial charge in [-0.1, -0.05) is 19.9 Å². The minimum Gasteiger partial charge on any atom is -0.481 e. The van der Waals surface area contributed by atoms with Gasteiger partial charge < -0.3 is 5.11 Å². The van der Waals surface area contributed by atoms with Crippen LogP contribution in [0.2, 0.25) is 0 Å². The van der Waals surface area contributed by atoms with Gasteiger partial charge in [-0.2, -0.15) is 0 Å². The third-order valence-electron chi connectivity index (χ3n) is 2.72. The highest BCUT2D eigenvalue weighted by Crippen LogP contribution is 2.58. The van der Waals surface area contributed by atoms with Crippen molar-refractivity contribution in [3.63, 3.8) is 0 Å². The molecule has 2 atom stereocenters. The second kappa shape index (κ2) is 2.98. The van der Waals surface area contributed by atoms with E-state index >= 15 is 0 Å². The lowest BCUT2D eigenvalue weighted by atomic mass is 10.1. The number of hydrogen-bond acceptors (Lipinski definition) is 2. The van der Waals surface area contributed by atoms with E-state index in [1.165, 1.54) is 13.0 Å². The summed E-state index contributed by atoms with van der Waals surface area (Å²) in [6.07, 6.45) is 3.16. The largest absolute Gasteiger partial charge is 0.481 e. The van der Waals surface area contributed by atoms with Crippen LogP contribution in [0, 0.1) is 17.3 Å². The fraction of sp³-hybridized carbons (Fsp3) is 0.600. The van der Waals surface area contributed by atoms with E-state index < -0.39 is 5.97 Å². The lowest BCUT2D eigenvalue weighted by molar-refractivity contribution is -0.139. The van der Waals surface area contributed by atoms with Crippen LogP contribution in [0.4, 0.5) is 0 Å². The van der Waals surface area contributed by atoms with E-state index in [-0.39, 0.29) is 23.0 Å². The third-order valence-corrected chi connectivity index (χ3v) is 2.72. The second-order valence-electron chi connectivity index (χ2n) is 4.13. The van der Waals surface area contributed by atoms with E-state index in [9.17, 15) is 9.59 Å². The van der Waals surface area contributed by atoms with Crippen LogP contribution < -0.4 is 0 Å². The maximum Gasteiger partial charge on any atom is 0.307 e. The Morgan fingerprint density at radius 2 is 1.92 bits per heavy atom. The first-order valence-electron chi connectivity index (χ1n) is 4.29. The van der Waals surface area contributed by atoms with Crippen LogP contribution in [0.3, 0.4) is 0 Å². The quantitative estimate of drug-likeness (QED) is 0.673. The Labute approximate surface area is 77.4 Å². The number of rotatable bonds is 3. The smallest absolute Gasteiger partial charge is 0.307 e. The average molecular weight is 182 g/mol. The van der Waals surface area contributed by atoms with Crippen LogP contribution in [0.25, 0.3) is 0 Å². The molecule has 1 fully saturated rings. The fourth-order valence-electron chi connectivity index (χ4n) is 1.75. The summed E-state index contributed by atoms with van der Waals surface area (Å²) in [5.41, 5.74) is -0.197. The van der Waals surface area contributed by atoms with Crippen LogP contribution in [0.5, 0.6) is 0 Å². The molecule has 1 saturated carbocycles. The number of allylic oxidation sites excluding steroid dienone is 2. The van der Waals surface area contributed by atoms with Crippen molar-refractivity contribution in [3.8, 4) is 0 Å². The third kappa shape index (κ3) is 1.79. The molecule has 13 heavy (non-hydrogen) atoms. The van der Waals surface area contributed by atoms with E-state index in [0.717, 1.165) is 0 Å². The number of ketones is 1. The molecule has 2 unspecified atom stereocenters. The van der Waals surface area contributed by atoms with Gasteiger partial charge in [-0.25, -0.2) is 0 Å². The Hall–Kier alpha value is -1.12. The zero-order chi connectivity index (χ0) is 10.2. The van der Waals surface area contributed by atoms with Crippen molar-refractivity contribution in [3.05, 3.63) is 12.2 Å². The van der Waals surface area contributed by atoms with Crippen molar-refractivity contribution in [2.75, 3.05) is 0 Å². The zero-order valence-corrected chi connectivity index (χ0v) is 8.07. The first-order chi connectivity index (χ1) is 5.87. The van der Waals surface area contributed by atoms with E-state index in [2.05, 4.69) is 0 Å². The normalized spacial score (nSPS) is 30.4. The highest BCUT2D eigenvalue weighted by molar-refractivity contribution is 5.87.